The fraction of sp³-hybridized carbons (Fsp3) is 0. The van der Waals surface area contributed by atoms with Crippen molar-refractivity contribution in [1.82, 2.24) is 8.75 Å². The first-order valence-electron chi connectivity index (χ1n) is 2.99. The summed E-state index contributed by atoms with van der Waals surface area (Å²) >= 11 is 1.08. The first-order chi connectivity index (χ1) is 5.29. The number of fused-ring (bicyclic) bond motifs is 1. The predicted molar refractivity (Wildman–Crippen MR) is 43.5 cm³/mol. The molecule has 3 N–H and O–H groups in total. The van der Waals surface area contributed by atoms with Gasteiger partial charge in [-0.25, -0.2) is 0 Å². The van der Waals surface area contributed by atoms with E-state index in [2.05, 4.69) is 8.75 Å². The summed E-state index contributed by atoms with van der Waals surface area (Å²) in [6.45, 7) is 0. The zero-order chi connectivity index (χ0) is 7.84. The van der Waals surface area contributed by atoms with Crippen molar-refractivity contribution in [3.8, 4) is 5.75 Å². The van der Waals surface area contributed by atoms with Crippen molar-refractivity contribution in [2.45, 2.75) is 0 Å². The van der Waals surface area contributed by atoms with E-state index < -0.39 is 0 Å². The second kappa shape index (κ2) is 2.06. The Morgan fingerprint density at radius 2 is 2.18 bits per heavy atom. The zero-order valence-electron chi connectivity index (χ0n) is 5.48. The molecule has 56 valence electrons. The number of hydrogen-bond donors (Lipinski definition) is 2. The second-order valence-corrected chi connectivity index (χ2v) is 2.66. The summed E-state index contributed by atoms with van der Waals surface area (Å²) in [4.78, 5) is 0. The molecule has 0 radical (unpaired) electrons. The van der Waals surface area contributed by atoms with E-state index in [1.807, 2.05) is 0 Å². The van der Waals surface area contributed by atoms with E-state index in [0.717, 1.165) is 17.2 Å². The number of aromatic hydroxyl groups is 1. The Morgan fingerprint density at radius 1 is 1.36 bits per heavy atom. The van der Waals surface area contributed by atoms with E-state index in [-0.39, 0.29) is 5.75 Å². The molecule has 5 heteroatoms. The van der Waals surface area contributed by atoms with E-state index in [9.17, 15) is 0 Å². The Morgan fingerprint density at radius 3 is 3.00 bits per heavy atom. The number of nitrogens with two attached hydrogens (primary N) is 1. The van der Waals surface area contributed by atoms with Crippen molar-refractivity contribution in [2.75, 3.05) is 5.73 Å². The third-order valence-electron chi connectivity index (χ3n) is 1.44. The van der Waals surface area contributed by atoms with E-state index in [1.165, 1.54) is 6.07 Å². The monoisotopic (exact) mass is 167 g/mol. The molecule has 0 aliphatic heterocycles. The van der Waals surface area contributed by atoms with Crippen LogP contribution < -0.4 is 5.73 Å². The van der Waals surface area contributed by atoms with Crippen molar-refractivity contribution < 1.29 is 5.11 Å². The van der Waals surface area contributed by atoms with E-state index >= 15 is 0 Å². The highest BCUT2D eigenvalue weighted by Crippen LogP contribution is 2.27. The highest BCUT2D eigenvalue weighted by molar-refractivity contribution is 7.00. The molecule has 0 aliphatic carbocycles. The Labute approximate surface area is 66.6 Å². The molecule has 1 aromatic heterocycles. The zero-order valence-corrected chi connectivity index (χ0v) is 6.30. The van der Waals surface area contributed by atoms with Gasteiger partial charge in [0.2, 0.25) is 0 Å². The van der Waals surface area contributed by atoms with Crippen LogP contribution in [0.3, 0.4) is 0 Å². The largest absolute Gasteiger partial charge is 0.506 e. The lowest BCUT2D eigenvalue weighted by atomic mass is 10.2. The first kappa shape index (κ1) is 6.36. The number of rotatable bonds is 0. The number of anilines is 1. The quantitative estimate of drug-likeness (QED) is 0.453. The minimum absolute atomic E-state index is 0.0604. The third kappa shape index (κ3) is 0.813. The molecule has 0 saturated carbocycles. The number of aromatic nitrogens is 2. The molecular weight excluding hydrogens is 162 g/mol. The van der Waals surface area contributed by atoms with Crippen LogP contribution in [0.1, 0.15) is 0 Å². The van der Waals surface area contributed by atoms with Gasteiger partial charge in [-0.3, -0.25) is 0 Å². The number of benzene rings is 1. The van der Waals surface area contributed by atoms with Crippen LogP contribution >= 0.6 is 11.7 Å². The van der Waals surface area contributed by atoms with Gasteiger partial charge in [-0.05, 0) is 12.1 Å². The topological polar surface area (TPSA) is 72.0 Å². The lowest BCUT2D eigenvalue weighted by molar-refractivity contribution is 0.478. The van der Waals surface area contributed by atoms with Crippen LogP contribution in [0.15, 0.2) is 12.1 Å². The number of nitrogen functional groups attached to an aromatic ring is 1. The third-order valence-corrected chi connectivity index (χ3v) is 1.99. The summed E-state index contributed by atoms with van der Waals surface area (Å²) in [5.41, 5.74) is 7.12. The molecule has 1 heterocycles. The second-order valence-electron chi connectivity index (χ2n) is 2.13. The summed E-state index contributed by atoms with van der Waals surface area (Å²) < 4.78 is 7.88. The van der Waals surface area contributed by atoms with Crippen LogP contribution in [-0.4, -0.2) is 13.9 Å². The highest BCUT2D eigenvalue weighted by Gasteiger charge is 2.05. The smallest absolute Gasteiger partial charge is 0.140 e. The Kier molecular flexibility index (Phi) is 1.19. The van der Waals surface area contributed by atoms with Gasteiger partial charge in [0.05, 0.1) is 11.7 Å². The molecule has 2 rings (SSSR count). The fourth-order valence-electron chi connectivity index (χ4n) is 0.861. The van der Waals surface area contributed by atoms with Gasteiger partial charge >= 0.3 is 0 Å². The summed E-state index contributed by atoms with van der Waals surface area (Å²) in [6, 6.07) is 3.20. The molecule has 0 saturated heterocycles. The minimum atomic E-state index is 0.0604. The van der Waals surface area contributed by atoms with E-state index in [1.54, 1.807) is 6.07 Å². The average molecular weight is 167 g/mol. The van der Waals surface area contributed by atoms with Gasteiger partial charge < -0.3 is 10.8 Å². The molecule has 0 spiro atoms. The van der Waals surface area contributed by atoms with Crippen LogP contribution in [0.2, 0.25) is 0 Å². The van der Waals surface area contributed by atoms with Crippen LogP contribution in [0.25, 0.3) is 11.0 Å². The normalized spacial score (nSPS) is 10.5. The Hall–Kier alpha value is -1.36. The molecule has 0 unspecified atom stereocenters. The van der Waals surface area contributed by atoms with Gasteiger partial charge in [0.15, 0.2) is 0 Å². The molecule has 0 fully saturated rings. The molecule has 2 aromatic rings. The summed E-state index contributed by atoms with van der Waals surface area (Å²) in [6.07, 6.45) is 0. The Bertz CT molecular complexity index is 398. The lowest BCUT2D eigenvalue weighted by Crippen LogP contribution is -1.86. The number of phenols is 1. The summed E-state index contributed by atoms with van der Waals surface area (Å²) in [5, 5.41) is 9.15. The maximum absolute atomic E-state index is 9.15. The molecular formula is C6H5N3OS. The van der Waals surface area contributed by atoms with Crippen LogP contribution in [-0.2, 0) is 0 Å². The number of nitrogens with zero attached hydrogens (tertiary/aromatic N) is 2. The predicted octanol–water partition coefficient (Wildman–Crippen LogP) is 0.979. The molecule has 1 aromatic carbocycles. The molecule has 0 bridgehead atoms. The van der Waals surface area contributed by atoms with Gasteiger partial charge in [0.1, 0.15) is 22.5 Å². The van der Waals surface area contributed by atoms with Crippen LogP contribution in [0, 0.1) is 0 Å². The van der Waals surface area contributed by atoms with Gasteiger partial charge in [-0.1, -0.05) is 0 Å². The van der Waals surface area contributed by atoms with Crippen molar-refractivity contribution in [2.24, 2.45) is 0 Å². The molecule has 0 aliphatic rings. The lowest BCUT2D eigenvalue weighted by Gasteiger charge is -1.95. The molecule has 0 amide bonds. The first-order valence-corrected chi connectivity index (χ1v) is 3.72. The summed E-state index contributed by atoms with van der Waals surface area (Å²) in [7, 11) is 0. The van der Waals surface area contributed by atoms with Crippen molar-refractivity contribution in [1.29, 1.82) is 0 Å². The molecule has 11 heavy (non-hydrogen) atoms. The van der Waals surface area contributed by atoms with Gasteiger partial charge in [-0.15, -0.1) is 0 Å². The van der Waals surface area contributed by atoms with Crippen molar-refractivity contribution >= 4 is 28.4 Å². The van der Waals surface area contributed by atoms with Gasteiger partial charge in [-0.2, -0.15) is 8.75 Å². The Balaban J connectivity index is 2.93. The maximum atomic E-state index is 9.15. The number of hydrogen-bond acceptors (Lipinski definition) is 5. The summed E-state index contributed by atoms with van der Waals surface area (Å²) in [5.74, 6) is 0.0604. The molecule has 4 nitrogen and oxygen atoms in total. The van der Waals surface area contributed by atoms with Crippen molar-refractivity contribution in [3.05, 3.63) is 12.1 Å². The van der Waals surface area contributed by atoms with E-state index in [0.29, 0.717) is 11.2 Å². The van der Waals surface area contributed by atoms with Gasteiger partial charge in [0.25, 0.3) is 0 Å². The van der Waals surface area contributed by atoms with Crippen LogP contribution in [0.4, 0.5) is 5.69 Å². The SMILES string of the molecule is Nc1c(O)ccc2nsnc12. The van der Waals surface area contributed by atoms with Crippen molar-refractivity contribution in [3.63, 3.8) is 0 Å². The average Bonchev–Trinajstić information content (AvgIpc) is 2.45. The minimum Gasteiger partial charge on any atom is -0.506 e. The maximum Gasteiger partial charge on any atom is 0.140 e. The van der Waals surface area contributed by atoms with Crippen LogP contribution in [0.5, 0.6) is 5.75 Å². The molecule has 0 atom stereocenters. The number of phenolic OH excluding ortho intramolecular Hbond substituents is 1. The highest BCUT2D eigenvalue weighted by atomic mass is 32.1. The van der Waals surface area contributed by atoms with E-state index in [4.69, 9.17) is 10.8 Å². The fourth-order valence-corrected chi connectivity index (χ4v) is 1.41. The standard InChI is InChI=1S/C6H5N3OS/c7-5-4(10)2-1-3-6(5)9-11-8-3/h1-2,10H,7H2. The van der Waals surface area contributed by atoms with Gasteiger partial charge in [0, 0.05) is 0 Å².